The van der Waals surface area contributed by atoms with Crippen molar-refractivity contribution in [2.75, 3.05) is 20.2 Å². The van der Waals surface area contributed by atoms with Crippen LogP contribution in [0, 0.1) is 11.8 Å². The second kappa shape index (κ2) is 9.90. The van der Waals surface area contributed by atoms with Gasteiger partial charge in [-0.2, -0.15) is 0 Å². The quantitative estimate of drug-likeness (QED) is 0.429. The molecule has 5 atom stereocenters. The minimum Gasteiger partial charge on any atom is -0.396 e. The van der Waals surface area contributed by atoms with Crippen LogP contribution in [-0.2, 0) is 19.1 Å². The number of carbonyl (C=O) groups is 3. The number of nitrogens with zero attached hydrogens (tertiary/aromatic N) is 1. The highest BCUT2D eigenvalue weighted by molar-refractivity contribution is 5.99. The molecule has 2 unspecified atom stereocenters. The molecule has 0 aromatic heterocycles. The predicted molar refractivity (Wildman–Crippen MR) is 123 cm³/mol. The van der Waals surface area contributed by atoms with E-state index in [1.54, 1.807) is 11.9 Å². The fourth-order valence-electron chi connectivity index (χ4n) is 7.09. The Morgan fingerprint density at radius 1 is 1.09 bits per heavy atom. The maximum atomic E-state index is 13.8. The Bertz CT molecular complexity index is 754. The third-order valence-corrected chi connectivity index (χ3v) is 8.72. The largest absolute Gasteiger partial charge is 0.396 e. The van der Waals surface area contributed by atoms with Gasteiger partial charge in [-0.15, -0.1) is 0 Å². The Kier molecular flexibility index (Phi) is 7.34. The molecule has 4 fully saturated rings. The summed E-state index contributed by atoms with van der Waals surface area (Å²) in [4.78, 5) is 42.3. The van der Waals surface area contributed by atoms with Gasteiger partial charge in [-0.05, 0) is 44.9 Å². The highest BCUT2D eigenvalue weighted by Gasteiger charge is 2.78. The number of rotatable bonds is 10. The van der Waals surface area contributed by atoms with Gasteiger partial charge in [-0.25, -0.2) is 0 Å². The first-order valence-corrected chi connectivity index (χ1v) is 13.1. The number of aliphatic hydroxyl groups is 1. The summed E-state index contributed by atoms with van der Waals surface area (Å²) in [6, 6.07) is -0.533. The van der Waals surface area contributed by atoms with Crippen molar-refractivity contribution in [3.8, 4) is 0 Å². The number of fused-ring (bicyclic) bond motifs is 1. The van der Waals surface area contributed by atoms with Gasteiger partial charge in [0.25, 0.3) is 0 Å². The molecule has 8 nitrogen and oxygen atoms in total. The number of likely N-dealkylation sites (tertiary alicyclic amines) is 1. The number of nitrogens with one attached hydrogen (secondary N) is 2. The fourth-order valence-corrected chi connectivity index (χ4v) is 7.09. The Morgan fingerprint density at radius 3 is 2.48 bits per heavy atom. The van der Waals surface area contributed by atoms with Crippen molar-refractivity contribution in [2.24, 2.45) is 11.8 Å². The van der Waals surface area contributed by atoms with E-state index in [9.17, 15) is 14.4 Å². The number of amides is 3. The lowest BCUT2D eigenvalue weighted by Crippen LogP contribution is -2.57. The van der Waals surface area contributed by atoms with Crippen molar-refractivity contribution < 1.29 is 24.2 Å². The number of carbonyl (C=O) groups excluding carboxylic acids is 3. The molecule has 1 saturated carbocycles. The van der Waals surface area contributed by atoms with Crippen LogP contribution >= 0.6 is 0 Å². The average molecular weight is 464 g/mol. The lowest BCUT2D eigenvalue weighted by Gasteiger charge is -2.35. The predicted octanol–water partition coefficient (Wildman–Crippen LogP) is 1.89. The molecule has 3 saturated heterocycles. The van der Waals surface area contributed by atoms with Crippen LogP contribution in [0.1, 0.15) is 84.0 Å². The molecule has 3 aliphatic heterocycles. The van der Waals surface area contributed by atoms with Crippen molar-refractivity contribution in [3.05, 3.63) is 0 Å². The van der Waals surface area contributed by atoms with Gasteiger partial charge < -0.3 is 25.4 Å². The molecule has 0 aromatic rings. The second-order valence-corrected chi connectivity index (χ2v) is 10.5. The summed E-state index contributed by atoms with van der Waals surface area (Å²) in [5.41, 5.74) is -1.59. The SMILES string of the molecule is CC[C@]12CCC3(O1)C(C(=O)NC1CCCCC1)N(CCCCCCO)C(=O)[C@@H]3[C@H]2C(=O)NC. The minimum absolute atomic E-state index is 0.107. The molecule has 0 radical (unpaired) electrons. The van der Waals surface area contributed by atoms with Crippen molar-refractivity contribution in [3.63, 3.8) is 0 Å². The van der Waals surface area contributed by atoms with E-state index < -0.39 is 29.1 Å². The lowest BCUT2D eigenvalue weighted by atomic mass is 9.65. The number of hydrogen-bond donors (Lipinski definition) is 3. The van der Waals surface area contributed by atoms with E-state index in [-0.39, 0.29) is 30.4 Å². The summed E-state index contributed by atoms with van der Waals surface area (Å²) in [6.45, 7) is 2.66. The highest BCUT2D eigenvalue weighted by Crippen LogP contribution is 2.64. The first-order valence-electron chi connectivity index (χ1n) is 13.1. The summed E-state index contributed by atoms with van der Waals surface area (Å²) in [5.74, 6) is -1.54. The molecule has 1 spiro atoms. The first-order chi connectivity index (χ1) is 15.9. The van der Waals surface area contributed by atoms with Crippen LogP contribution in [0.5, 0.6) is 0 Å². The molecule has 0 aromatic carbocycles. The molecule has 3 amide bonds. The van der Waals surface area contributed by atoms with Crippen molar-refractivity contribution in [1.29, 1.82) is 0 Å². The van der Waals surface area contributed by atoms with Crippen LogP contribution in [0.2, 0.25) is 0 Å². The zero-order chi connectivity index (χ0) is 23.6. The van der Waals surface area contributed by atoms with Gasteiger partial charge in [-0.1, -0.05) is 39.0 Å². The highest BCUT2D eigenvalue weighted by atomic mass is 16.5. The van der Waals surface area contributed by atoms with Crippen molar-refractivity contribution in [1.82, 2.24) is 15.5 Å². The standard InChI is InChI=1S/C25H41N3O5/c1-3-24-13-14-25(33-24)19(18(24)21(30)26-2)23(32)28(15-9-4-5-10-16-29)20(25)22(31)27-17-11-7-6-8-12-17/h17-20,29H,3-16H2,1-2H3,(H,26,30)(H,27,31)/t18-,19-,20?,24+,25?/m0/s1. The Labute approximate surface area is 197 Å². The van der Waals surface area contributed by atoms with Crippen LogP contribution in [0.4, 0.5) is 0 Å². The van der Waals surface area contributed by atoms with E-state index in [1.807, 2.05) is 6.92 Å². The van der Waals surface area contributed by atoms with Crippen LogP contribution in [-0.4, -0.2) is 71.2 Å². The number of unbranched alkanes of at least 4 members (excludes halogenated alkanes) is 3. The molecular formula is C25H41N3O5. The molecule has 33 heavy (non-hydrogen) atoms. The number of ether oxygens (including phenoxy) is 1. The topological polar surface area (TPSA) is 108 Å². The Balaban J connectivity index is 1.62. The third kappa shape index (κ3) is 4.07. The second-order valence-electron chi connectivity index (χ2n) is 10.5. The summed E-state index contributed by atoms with van der Waals surface area (Å²) in [7, 11) is 1.61. The van der Waals surface area contributed by atoms with E-state index in [1.165, 1.54) is 6.42 Å². The fraction of sp³-hybridized carbons (Fsp3) is 0.880. The zero-order valence-electron chi connectivity index (χ0n) is 20.2. The van der Waals surface area contributed by atoms with Gasteiger partial charge in [0.05, 0.1) is 17.4 Å². The molecule has 3 heterocycles. The average Bonchev–Trinajstić information content (AvgIpc) is 3.43. The van der Waals surface area contributed by atoms with Crippen molar-refractivity contribution >= 4 is 17.7 Å². The molecule has 8 heteroatoms. The van der Waals surface area contributed by atoms with E-state index >= 15 is 0 Å². The van der Waals surface area contributed by atoms with E-state index in [0.717, 1.165) is 51.4 Å². The molecule has 3 N–H and O–H groups in total. The third-order valence-electron chi connectivity index (χ3n) is 8.72. The van der Waals surface area contributed by atoms with Gasteiger partial charge in [0.15, 0.2) is 0 Å². The van der Waals surface area contributed by atoms with E-state index in [4.69, 9.17) is 9.84 Å². The van der Waals surface area contributed by atoms with E-state index in [0.29, 0.717) is 25.8 Å². The van der Waals surface area contributed by atoms with Crippen LogP contribution in [0.3, 0.4) is 0 Å². The Hall–Kier alpha value is -1.67. The molecule has 4 rings (SSSR count). The summed E-state index contributed by atoms with van der Waals surface area (Å²) < 4.78 is 6.71. The maximum absolute atomic E-state index is 13.8. The van der Waals surface area contributed by atoms with E-state index in [2.05, 4.69) is 10.6 Å². The molecule has 2 bridgehead atoms. The van der Waals surface area contributed by atoms with Gasteiger partial charge in [0.2, 0.25) is 17.7 Å². The van der Waals surface area contributed by atoms with Crippen molar-refractivity contribution in [2.45, 2.75) is 107 Å². The first kappa shape index (κ1) is 24.5. The van der Waals surface area contributed by atoms with Crippen LogP contribution in [0.15, 0.2) is 0 Å². The van der Waals surface area contributed by atoms with Crippen LogP contribution in [0.25, 0.3) is 0 Å². The normalized spacial score (nSPS) is 35.7. The molecular weight excluding hydrogens is 422 g/mol. The lowest BCUT2D eigenvalue weighted by molar-refractivity contribution is -0.148. The maximum Gasteiger partial charge on any atom is 0.246 e. The van der Waals surface area contributed by atoms with Gasteiger partial charge in [-0.3, -0.25) is 14.4 Å². The molecule has 1 aliphatic carbocycles. The smallest absolute Gasteiger partial charge is 0.246 e. The number of aliphatic hydroxyl groups excluding tert-OH is 1. The van der Waals surface area contributed by atoms with Crippen LogP contribution < -0.4 is 10.6 Å². The summed E-state index contributed by atoms with van der Waals surface area (Å²) >= 11 is 0. The molecule has 4 aliphatic rings. The minimum atomic E-state index is -0.923. The zero-order valence-corrected chi connectivity index (χ0v) is 20.2. The summed E-state index contributed by atoms with van der Waals surface area (Å²) in [6.07, 6.45) is 10.7. The van der Waals surface area contributed by atoms with Gasteiger partial charge >= 0.3 is 0 Å². The van der Waals surface area contributed by atoms with Gasteiger partial charge in [0.1, 0.15) is 11.6 Å². The molecule has 186 valence electrons. The van der Waals surface area contributed by atoms with Gasteiger partial charge in [0, 0.05) is 26.2 Å². The summed E-state index contributed by atoms with van der Waals surface area (Å²) in [5, 5.41) is 15.1. The Morgan fingerprint density at radius 2 is 1.82 bits per heavy atom. The monoisotopic (exact) mass is 463 g/mol. The number of hydrogen-bond acceptors (Lipinski definition) is 5.